The van der Waals surface area contributed by atoms with Crippen molar-refractivity contribution in [2.24, 2.45) is 5.92 Å². The zero-order valence-electron chi connectivity index (χ0n) is 9.57. The van der Waals surface area contributed by atoms with Gasteiger partial charge in [-0.1, -0.05) is 19.1 Å². The third-order valence-corrected chi connectivity index (χ3v) is 3.01. The molecule has 1 fully saturated rings. The first-order chi connectivity index (χ1) is 7.20. The van der Waals surface area contributed by atoms with Crippen LogP contribution in [0, 0.1) is 5.92 Å². The van der Waals surface area contributed by atoms with Crippen molar-refractivity contribution >= 4 is 0 Å². The molecule has 2 nitrogen and oxygen atoms in total. The van der Waals surface area contributed by atoms with Crippen LogP contribution in [0.2, 0.25) is 0 Å². The molecule has 3 atom stereocenters. The van der Waals surface area contributed by atoms with Crippen LogP contribution >= 0.6 is 0 Å². The summed E-state index contributed by atoms with van der Waals surface area (Å²) >= 11 is 0. The van der Waals surface area contributed by atoms with E-state index < -0.39 is 0 Å². The number of hydrogen-bond acceptors (Lipinski definition) is 2. The fourth-order valence-electron chi connectivity index (χ4n) is 2.09. The number of ether oxygens (including phenoxy) is 2. The van der Waals surface area contributed by atoms with Crippen molar-refractivity contribution in [2.75, 3.05) is 7.11 Å². The first-order valence-corrected chi connectivity index (χ1v) is 5.49. The summed E-state index contributed by atoms with van der Waals surface area (Å²) in [6, 6.07) is 8.26. The monoisotopic (exact) mass is 206 g/mol. The van der Waals surface area contributed by atoms with Crippen molar-refractivity contribution in [1.29, 1.82) is 0 Å². The Bertz CT molecular complexity index is 335. The molecule has 2 heteroatoms. The first kappa shape index (κ1) is 10.5. The number of benzene rings is 1. The van der Waals surface area contributed by atoms with Crippen LogP contribution in [0.25, 0.3) is 0 Å². The summed E-state index contributed by atoms with van der Waals surface area (Å²) in [6.07, 6.45) is 1.97. The van der Waals surface area contributed by atoms with Gasteiger partial charge in [-0.05, 0) is 37.0 Å². The minimum atomic E-state index is 0.450. The molecule has 1 saturated heterocycles. The van der Waals surface area contributed by atoms with Crippen molar-refractivity contribution in [1.82, 2.24) is 0 Å². The molecule has 1 aliphatic rings. The predicted octanol–water partition coefficient (Wildman–Crippen LogP) is 2.66. The van der Waals surface area contributed by atoms with Crippen LogP contribution in [0.4, 0.5) is 0 Å². The van der Waals surface area contributed by atoms with Crippen LogP contribution in [-0.2, 0) is 11.2 Å². The predicted molar refractivity (Wildman–Crippen MR) is 60.2 cm³/mol. The highest BCUT2D eigenvalue weighted by Gasteiger charge is 2.38. The fraction of sp³-hybridized carbons (Fsp3) is 0.538. The van der Waals surface area contributed by atoms with Gasteiger partial charge in [0.05, 0.1) is 19.3 Å². The molecule has 0 bridgehead atoms. The van der Waals surface area contributed by atoms with Gasteiger partial charge in [0.15, 0.2) is 0 Å². The molecule has 1 aromatic rings. The zero-order valence-corrected chi connectivity index (χ0v) is 9.57. The zero-order chi connectivity index (χ0) is 10.8. The highest BCUT2D eigenvalue weighted by Crippen LogP contribution is 2.31. The number of epoxide rings is 1. The van der Waals surface area contributed by atoms with Crippen LogP contribution in [0.15, 0.2) is 24.3 Å². The van der Waals surface area contributed by atoms with Crippen molar-refractivity contribution in [3.8, 4) is 5.75 Å². The molecule has 15 heavy (non-hydrogen) atoms. The molecule has 0 spiro atoms. The Labute approximate surface area is 91.2 Å². The quantitative estimate of drug-likeness (QED) is 0.706. The second-order valence-electron chi connectivity index (χ2n) is 4.34. The van der Waals surface area contributed by atoms with Crippen LogP contribution in [0.1, 0.15) is 19.4 Å². The second kappa shape index (κ2) is 4.23. The van der Waals surface area contributed by atoms with Crippen LogP contribution in [0.3, 0.4) is 0 Å². The Balaban J connectivity index is 1.97. The summed E-state index contributed by atoms with van der Waals surface area (Å²) in [7, 11) is 1.70. The minimum Gasteiger partial charge on any atom is -0.497 e. The lowest BCUT2D eigenvalue weighted by Crippen LogP contribution is -2.09. The Morgan fingerprint density at radius 2 is 2.20 bits per heavy atom. The van der Waals surface area contributed by atoms with Crippen LogP contribution in [0.5, 0.6) is 5.75 Å². The Morgan fingerprint density at radius 1 is 1.47 bits per heavy atom. The lowest BCUT2D eigenvalue weighted by molar-refractivity contribution is 0.328. The standard InChI is InChI=1S/C13H18O2/c1-9(13-10(2)15-13)7-11-5-4-6-12(8-11)14-3/h4-6,8-10,13H,7H2,1-3H3. The molecule has 0 radical (unpaired) electrons. The Hall–Kier alpha value is -1.02. The highest BCUT2D eigenvalue weighted by molar-refractivity contribution is 5.28. The highest BCUT2D eigenvalue weighted by atomic mass is 16.6. The molecule has 1 aromatic carbocycles. The van der Waals surface area contributed by atoms with Crippen molar-refractivity contribution in [3.63, 3.8) is 0 Å². The average molecular weight is 206 g/mol. The second-order valence-corrected chi connectivity index (χ2v) is 4.34. The summed E-state index contributed by atoms with van der Waals surface area (Å²) in [5.41, 5.74) is 1.32. The average Bonchev–Trinajstić information content (AvgIpc) is 2.96. The van der Waals surface area contributed by atoms with Gasteiger partial charge in [0, 0.05) is 0 Å². The number of methoxy groups -OCH3 is 1. The lowest BCUT2D eigenvalue weighted by atomic mass is 9.97. The number of rotatable bonds is 4. The van der Waals surface area contributed by atoms with E-state index in [0.717, 1.165) is 12.2 Å². The summed E-state index contributed by atoms with van der Waals surface area (Å²) < 4.78 is 10.7. The normalized spacial score (nSPS) is 26.1. The lowest BCUT2D eigenvalue weighted by Gasteiger charge is -2.09. The van der Waals surface area contributed by atoms with E-state index in [1.807, 2.05) is 12.1 Å². The van der Waals surface area contributed by atoms with E-state index in [0.29, 0.717) is 18.1 Å². The van der Waals surface area contributed by atoms with Crippen molar-refractivity contribution in [3.05, 3.63) is 29.8 Å². The molecule has 1 aliphatic heterocycles. The molecular formula is C13H18O2. The Morgan fingerprint density at radius 3 is 2.80 bits per heavy atom. The SMILES string of the molecule is COc1cccc(CC(C)C2OC2C)c1. The fourth-order valence-corrected chi connectivity index (χ4v) is 2.09. The molecule has 0 aliphatic carbocycles. The molecule has 0 aromatic heterocycles. The molecule has 1 heterocycles. The van der Waals surface area contributed by atoms with Crippen LogP contribution in [-0.4, -0.2) is 19.3 Å². The van der Waals surface area contributed by atoms with E-state index >= 15 is 0 Å². The molecule has 82 valence electrons. The van der Waals surface area contributed by atoms with Gasteiger partial charge in [-0.2, -0.15) is 0 Å². The number of hydrogen-bond donors (Lipinski definition) is 0. The van der Waals surface area contributed by atoms with Gasteiger partial charge in [-0.25, -0.2) is 0 Å². The maximum Gasteiger partial charge on any atom is 0.119 e. The topological polar surface area (TPSA) is 21.8 Å². The summed E-state index contributed by atoms with van der Waals surface area (Å²) in [6.45, 7) is 4.38. The van der Waals surface area contributed by atoms with Gasteiger partial charge in [-0.3, -0.25) is 0 Å². The van der Waals surface area contributed by atoms with E-state index in [2.05, 4.69) is 26.0 Å². The van der Waals surface area contributed by atoms with Gasteiger partial charge in [0.1, 0.15) is 5.75 Å². The van der Waals surface area contributed by atoms with Gasteiger partial charge < -0.3 is 9.47 Å². The molecule has 0 N–H and O–H groups in total. The van der Waals surface area contributed by atoms with E-state index in [4.69, 9.17) is 9.47 Å². The van der Waals surface area contributed by atoms with Crippen molar-refractivity contribution in [2.45, 2.75) is 32.5 Å². The van der Waals surface area contributed by atoms with Crippen LogP contribution < -0.4 is 4.74 Å². The summed E-state index contributed by atoms with van der Waals surface area (Å²) in [4.78, 5) is 0. The maximum atomic E-state index is 5.48. The van der Waals surface area contributed by atoms with Gasteiger partial charge in [-0.15, -0.1) is 0 Å². The van der Waals surface area contributed by atoms with Gasteiger partial charge in [0.2, 0.25) is 0 Å². The molecule has 0 amide bonds. The maximum absolute atomic E-state index is 5.48. The summed E-state index contributed by atoms with van der Waals surface area (Å²) in [5.74, 6) is 1.52. The smallest absolute Gasteiger partial charge is 0.119 e. The largest absolute Gasteiger partial charge is 0.497 e. The molecule has 3 unspecified atom stereocenters. The van der Waals surface area contributed by atoms with E-state index in [-0.39, 0.29) is 0 Å². The van der Waals surface area contributed by atoms with E-state index in [1.54, 1.807) is 7.11 Å². The van der Waals surface area contributed by atoms with Crippen molar-refractivity contribution < 1.29 is 9.47 Å². The third-order valence-electron chi connectivity index (χ3n) is 3.01. The minimum absolute atomic E-state index is 0.450. The Kier molecular flexibility index (Phi) is 2.96. The van der Waals surface area contributed by atoms with Gasteiger partial charge >= 0.3 is 0 Å². The third kappa shape index (κ3) is 2.51. The molecule has 2 rings (SSSR count). The summed E-state index contributed by atoms with van der Waals surface area (Å²) in [5, 5.41) is 0. The molecular weight excluding hydrogens is 188 g/mol. The van der Waals surface area contributed by atoms with Gasteiger partial charge in [0.25, 0.3) is 0 Å². The first-order valence-electron chi connectivity index (χ1n) is 5.49. The van der Waals surface area contributed by atoms with E-state index in [9.17, 15) is 0 Å². The molecule has 0 saturated carbocycles. The van der Waals surface area contributed by atoms with E-state index in [1.165, 1.54) is 5.56 Å².